The van der Waals surface area contributed by atoms with Gasteiger partial charge in [0.15, 0.2) is 11.5 Å². The number of Topliss-reactive ketones (excluding diaryl/α,β-unsaturated/α-hetero) is 1. The molecule has 1 atom stereocenters. The highest BCUT2D eigenvalue weighted by atomic mass is 79.9. The molecule has 0 bridgehead atoms. The molecule has 0 aliphatic carbocycles. The van der Waals surface area contributed by atoms with E-state index < -0.39 is 23.5 Å². The third-order valence-corrected chi connectivity index (χ3v) is 5.26. The van der Waals surface area contributed by atoms with Gasteiger partial charge in [-0.3, -0.25) is 14.5 Å². The van der Waals surface area contributed by atoms with Gasteiger partial charge in [0.25, 0.3) is 5.91 Å². The topological polar surface area (TPSA) is 57.6 Å². The van der Waals surface area contributed by atoms with Gasteiger partial charge in [-0.05, 0) is 60.4 Å². The van der Waals surface area contributed by atoms with Crippen molar-refractivity contribution in [3.05, 3.63) is 75.2 Å². The lowest BCUT2D eigenvalue weighted by molar-refractivity contribution is -0.118. The lowest BCUT2D eigenvalue weighted by atomic mass is 9.90. The molecule has 6 heteroatoms. The van der Waals surface area contributed by atoms with Crippen molar-refractivity contribution in [2.75, 3.05) is 4.90 Å². The van der Waals surface area contributed by atoms with Crippen LogP contribution in [0, 0.1) is 18.7 Å². The monoisotopic (exact) mass is 445 g/mol. The summed E-state index contributed by atoms with van der Waals surface area (Å²) < 4.78 is 14.5. The molecule has 0 aromatic heterocycles. The van der Waals surface area contributed by atoms with Gasteiger partial charge < -0.3 is 5.11 Å². The molecule has 1 aliphatic rings. The van der Waals surface area contributed by atoms with Crippen LogP contribution in [0.2, 0.25) is 0 Å². The number of amides is 1. The summed E-state index contributed by atoms with van der Waals surface area (Å²) >= 11 is 3.36. The summed E-state index contributed by atoms with van der Waals surface area (Å²) in [5.41, 5.74) is 1.82. The summed E-state index contributed by atoms with van der Waals surface area (Å²) in [6.45, 7) is 5.52. The maximum absolute atomic E-state index is 13.7. The number of rotatable bonds is 5. The van der Waals surface area contributed by atoms with Crippen LogP contribution < -0.4 is 4.90 Å². The van der Waals surface area contributed by atoms with Crippen LogP contribution in [0.4, 0.5) is 10.1 Å². The van der Waals surface area contributed by atoms with Gasteiger partial charge >= 0.3 is 0 Å². The molecular formula is C22H21BrFNO3. The highest BCUT2D eigenvalue weighted by Gasteiger charge is 2.44. The summed E-state index contributed by atoms with van der Waals surface area (Å²) in [7, 11) is 0. The average molecular weight is 446 g/mol. The summed E-state index contributed by atoms with van der Waals surface area (Å²) in [6, 6.07) is 10.4. The third-order valence-electron chi connectivity index (χ3n) is 4.73. The Labute approximate surface area is 171 Å². The molecule has 0 saturated heterocycles. The molecule has 4 nitrogen and oxygen atoms in total. The summed E-state index contributed by atoms with van der Waals surface area (Å²) in [4.78, 5) is 27.3. The second-order valence-electron chi connectivity index (χ2n) is 7.34. The molecule has 1 amide bonds. The number of hydrogen-bond acceptors (Lipinski definition) is 3. The van der Waals surface area contributed by atoms with Gasteiger partial charge in [0.05, 0.1) is 11.6 Å². The van der Waals surface area contributed by atoms with Crippen LogP contribution in [-0.4, -0.2) is 16.8 Å². The SMILES string of the molecule is Cc1cc(F)ccc1C1C(C(=O)CC(C)C)=C(O)C(=O)N1c1ccc(Br)cc1. The number of carbonyl (C=O) groups is 2. The minimum absolute atomic E-state index is 0.0660. The van der Waals surface area contributed by atoms with Gasteiger partial charge in [-0.1, -0.05) is 35.8 Å². The first-order chi connectivity index (χ1) is 13.2. The number of carbonyl (C=O) groups excluding carboxylic acids is 2. The molecule has 1 aliphatic heterocycles. The Kier molecular flexibility index (Phi) is 5.70. The minimum atomic E-state index is -0.805. The van der Waals surface area contributed by atoms with Gasteiger partial charge in [0.2, 0.25) is 0 Å². The predicted molar refractivity (Wildman–Crippen MR) is 110 cm³/mol. The van der Waals surface area contributed by atoms with Crippen LogP contribution in [0.3, 0.4) is 0 Å². The number of halogens is 2. The van der Waals surface area contributed by atoms with Gasteiger partial charge in [-0.15, -0.1) is 0 Å². The Balaban J connectivity index is 2.18. The molecule has 2 aromatic carbocycles. The molecule has 0 saturated carbocycles. The number of ketones is 1. The van der Waals surface area contributed by atoms with Crippen molar-refractivity contribution in [3.63, 3.8) is 0 Å². The van der Waals surface area contributed by atoms with Gasteiger partial charge in [0, 0.05) is 16.6 Å². The normalized spacial score (nSPS) is 17.0. The molecule has 3 rings (SSSR count). The molecule has 2 aromatic rings. The van der Waals surface area contributed by atoms with Crippen LogP contribution in [0.15, 0.2) is 58.3 Å². The third kappa shape index (κ3) is 3.74. The summed E-state index contributed by atoms with van der Waals surface area (Å²) in [5.74, 6) is -1.79. The number of nitrogens with zero attached hydrogens (tertiary/aromatic N) is 1. The lowest BCUT2D eigenvalue weighted by Crippen LogP contribution is -2.31. The second-order valence-corrected chi connectivity index (χ2v) is 8.25. The van der Waals surface area contributed by atoms with Crippen molar-refractivity contribution in [2.45, 2.75) is 33.2 Å². The quantitative estimate of drug-likeness (QED) is 0.668. The van der Waals surface area contributed by atoms with E-state index in [4.69, 9.17) is 0 Å². The maximum Gasteiger partial charge on any atom is 0.294 e. The molecule has 1 unspecified atom stereocenters. The van der Waals surface area contributed by atoms with Gasteiger partial charge in [-0.25, -0.2) is 4.39 Å². The largest absolute Gasteiger partial charge is 0.503 e. The van der Waals surface area contributed by atoms with E-state index in [0.29, 0.717) is 16.8 Å². The first-order valence-electron chi connectivity index (χ1n) is 9.02. The molecule has 0 radical (unpaired) electrons. The van der Waals surface area contributed by atoms with E-state index in [1.165, 1.54) is 17.0 Å². The Morgan fingerprint density at radius 1 is 1.21 bits per heavy atom. The fourth-order valence-electron chi connectivity index (χ4n) is 3.48. The molecule has 0 spiro atoms. The smallest absolute Gasteiger partial charge is 0.294 e. The molecule has 1 heterocycles. The Bertz CT molecular complexity index is 966. The lowest BCUT2D eigenvalue weighted by Gasteiger charge is -2.28. The molecule has 146 valence electrons. The Morgan fingerprint density at radius 3 is 2.43 bits per heavy atom. The van der Waals surface area contributed by atoms with Gasteiger partial charge in [-0.2, -0.15) is 0 Å². The van der Waals surface area contributed by atoms with E-state index >= 15 is 0 Å². The second kappa shape index (κ2) is 7.87. The molecule has 28 heavy (non-hydrogen) atoms. The van der Waals surface area contributed by atoms with E-state index in [0.717, 1.165) is 4.47 Å². The fourth-order valence-corrected chi connectivity index (χ4v) is 3.74. The minimum Gasteiger partial charge on any atom is -0.503 e. The summed E-state index contributed by atoms with van der Waals surface area (Å²) in [5, 5.41) is 10.6. The predicted octanol–water partition coefficient (Wildman–Crippen LogP) is 5.41. The number of aliphatic hydroxyl groups excluding tert-OH is 1. The zero-order chi connectivity index (χ0) is 20.6. The van der Waals surface area contributed by atoms with E-state index in [2.05, 4.69) is 15.9 Å². The number of hydrogen-bond donors (Lipinski definition) is 1. The van der Waals surface area contributed by atoms with Crippen LogP contribution in [0.25, 0.3) is 0 Å². The molecular weight excluding hydrogens is 425 g/mol. The van der Waals surface area contributed by atoms with Crippen LogP contribution in [-0.2, 0) is 9.59 Å². The van der Waals surface area contributed by atoms with E-state index in [1.54, 1.807) is 37.3 Å². The fraction of sp³-hybridized carbons (Fsp3) is 0.273. The molecule has 0 fully saturated rings. The summed E-state index contributed by atoms with van der Waals surface area (Å²) in [6.07, 6.45) is 0.206. The maximum atomic E-state index is 13.7. The zero-order valence-corrected chi connectivity index (χ0v) is 17.5. The van der Waals surface area contributed by atoms with Crippen LogP contribution in [0.1, 0.15) is 37.4 Å². The number of anilines is 1. The molecule has 1 N–H and O–H groups in total. The van der Waals surface area contributed by atoms with E-state index in [9.17, 15) is 19.1 Å². The Morgan fingerprint density at radius 2 is 1.86 bits per heavy atom. The first kappa shape index (κ1) is 20.3. The average Bonchev–Trinajstić information content (AvgIpc) is 2.87. The highest BCUT2D eigenvalue weighted by molar-refractivity contribution is 9.10. The van der Waals surface area contributed by atoms with Crippen molar-refractivity contribution < 1.29 is 19.1 Å². The number of aryl methyl sites for hydroxylation is 1. The first-order valence-corrected chi connectivity index (χ1v) is 9.81. The van der Waals surface area contributed by atoms with E-state index in [1.807, 2.05) is 13.8 Å². The zero-order valence-electron chi connectivity index (χ0n) is 15.9. The van der Waals surface area contributed by atoms with Crippen LogP contribution in [0.5, 0.6) is 0 Å². The van der Waals surface area contributed by atoms with Crippen molar-refractivity contribution in [2.24, 2.45) is 5.92 Å². The highest BCUT2D eigenvalue weighted by Crippen LogP contribution is 2.42. The van der Waals surface area contributed by atoms with Gasteiger partial charge in [0.1, 0.15) is 5.82 Å². The Hall–Kier alpha value is -2.47. The van der Waals surface area contributed by atoms with E-state index in [-0.39, 0.29) is 23.7 Å². The van der Waals surface area contributed by atoms with Crippen molar-refractivity contribution in [1.82, 2.24) is 0 Å². The number of benzene rings is 2. The number of aliphatic hydroxyl groups is 1. The van der Waals surface area contributed by atoms with Crippen molar-refractivity contribution in [1.29, 1.82) is 0 Å². The van der Waals surface area contributed by atoms with Crippen LogP contribution >= 0.6 is 15.9 Å². The van der Waals surface area contributed by atoms with Crippen molar-refractivity contribution in [3.8, 4) is 0 Å². The standard InChI is InChI=1S/C22H21BrFNO3/c1-12(2)10-18(26)19-20(17-9-6-15(24)11-13(17)3)25(22(28)21(19)27)16-7-4-14(23)5-8-16/h4-9,11-12,20,27H,10H2,1-3H3. The van der Waals surface area contributed by atoms with Crippen molar-refractivity contribution >= 4 is 33.3 Å².